The molecule has 0 aliphatic carbocycles. The number of para-hydroxylation sites is 1. The average Bonchev–Trinajstić information content (AvgIpc) is 3.42. The van der Waals surface area contributed by atoms with Crippen LogP contribution in [0.5, 0.6) is 0 Å². The normalized spacial score (nSPS) is 10.9. The number of carbonyl (C=O) groups is 1. The molecule has 3 aromatic carbocycles. The molecule has 0 aliphatic rings. The van der Waals surface area contributed by atoms with E-state index in [1.807, 2.05) is 60.7 Å². The minimum atomic E-state index is -0.331. The number of hydrogen-bond donors (Lipinski definition) is 2. The number of anilines is 3. The third-order valence-electron chi connectivity index (χ3n) is 4.67. The van der Waals surface area contributed by atoms with Gasteiger partial charge in [0.05, 0.1) is 17.9 Å². The Bertz CT molecular complexity index is 1360. The Morgan fingerprint density at radius 3 is 2.55 bits per heavy atom. The van der Waals surface area contributed by atoms with E-state index in [0.29, 0.717) is 28.0 Å². The Labute approximate surface area is 182 Å². The number of benzene rings is 3. The molecule has 0 spiro atoms. The first-order valence-electron chi connectivity index (χ1n) is 9.49. The second kappa shape index (κ2) is 7.97. The highest BCUT2D eigenvalue weighted by Crippen LogP contribution is 2.27. The maximum atomic E-state index is 12.6. The van der Waals surface area contributed by atoms with Gasteiger partial charge in [0.2, 0.25) is 0 Å². The highest BCUT2D eigenvalue weighted by Gasteiger charge is 2.12. The second-order valence-corrected chi connectivity index (χ2v) is 7.22. The summed E-state index contributed by atoms with van der Waals surface area (Å²) < 4.78 is 7.11. The van der Waals surface area contributed by atoms with E-state index in [1.165, 1.54) is 4.68 Å². The van der Waals surface area contributed by atoms with Gasteiger partial charge in [0, 0.05) is 27.3 Å². The molecule has 0 saturated heterocycles. The van der Waals surface area contributed by atoms with Gasteiger partial charge in [-0.2, -0.15) is 9.78 Å². The third kappa shape index (κ3) is 3.99. The molecule has 8 heteroatoms. The van der Waals surface area contributed by atoms with Gasteiger partial charge in [-0.3, -0.25) is 0 Å². The molecule has 0 saturated carbocycles. The Morgan fingerprint density at radius 2 is 1.74 bits per heavy atom. The van der Waals surface area contributed by atoms with Gasteiger partial charge in [-0.05, 0) is 54.6 Å². The summed E-state index contributed by atoms with van der Waals surface area (Å²) in [4.78, 5) is 16.8. The summed E-state index contributed by atoms with van der Waals surface area (Å²) in [5.41, 5.74) is 3.04. The number of hydrogen-bond acceptors (Lipinski definition) is 5. The van der Waals surface area contributed by atoms with E-state index in [0.717, 1.165) is 16.6 Å². The summed E-state index contributed by atoms with van der Waals surface area (Å²) in [6.45, 7) is 0. The number of aromatic nitrogens is 3. The molecular weight excluding hydrogens is 414 g/mol. The fraction of sp³-hybridized carbons (Fsp3) is 0. The highest BCUT2D eigenvalue weighted by molar-refractivity contribution is 6.30. The van der Waals surface area contributed by atoms with Crippen LogP contribution in [0.1, 0.15) is 0 Å². The summed E-state index contributed by atoms with van der Waals surface area (Å²) in [5.74, 6) is 0.630. The van der Waals surface area contributed by atoms with Crippen LogP contribution in [0.4, 0.5) is 22.2 Å². The Balaban J connectivity index is 1.34. The van der Waals surface area contributed by atoms with Gasteiger partial charge >= 0.3 is 6.03 Å². The van der Waals surface area contributed by atoms with E-state index >= 15 is 0 Å². The van der Waals surface area contributed by atoms with Gasteiger partial charge in [-0.25, -0.2) is 9.78 Å². The average molecular weight is 430 g/mol. The molecule has 31 heavy (non-hydrogen) atoms. The van der Waals surface area contributed by atoms with Crippen molar-refractivity contribution in [1.29, 1.82) is 0 Å². The molecule has 5 rings (SSSR count). The van der Waals surface area contributed by atoms with E-state index < -0.39 is 0 Å². The van der Waals surface area contributed by atoms with E-state index in [-0.39, 0.29) is 6.03 Å². The minimum Gasteiger partial charge on any atom is -0.423 e. The summed E-state index contributed by atoms with van der Waals surface area (Å²) in [5, 5.41) is 11.6. The van der Waals surface area contributed by atoms with Crippen molar-refractivity contribution < 1.29 is 9.21 Å². The van der Waals surface area contributed by atoms with Gasteiger partial charge in [0.1, 0.15) is 0 Å². The topological polar surface area (TPSA) is 85.0 Å². The van der Waals surface area contributed by atoms with E-state index in [2.05, 4.69) is 20.7 Å². The molecule has 2 heterocycles. The lowest BCUT2D eigenvalue weighted by molar-refractivity contribution is 0.252. The number of carbonyl (C=O) groups excluding carboxylic acids is 1. The largest absolute Gasteiger partial charge is 0.423 e. The van der Waals surface area contributed by atoms with Crippen molar-refractivity contribution in [1.82, 2.24) is 14.8 Å². The number of nitrogens with one attached hydrogen (secondary N) is 2. The zero-order valence-corrected chi connectivity index (χ0v) is 16.9. The molecule has 0 bridgehead atoms. The smallest absolute Gasteiger partial charge is 0.347 e. The van der Waals surface area contributed by atoms with Gasteiger partial charge in [-0.15, -0.1) is 0 Å². The molecule has 5 aromatic rings. The summed E-state index contributed by atoms with van der Waals surface area (Å²) >= 11 is 5.93. The monoisotopic (exact) mass is 429 g/mol. The quantitative estimate of drug-likeness (QED) is 0.357. The predicted octanol–water partition coefficient (Wildman–Crippen LogP) is 6.17. The molecule has 7 nitrogen and oxygen atoms in total. The molecule has 2 aromatic heterocycles. The SMILES string of the molecule is O=C(Nc1ccccc1)n1ncc2cc(Nc3ncc(-c4ccc(Cl)cc4)o3)ccc21. The van der Waals surface area contributed by atoms with Crippen molar-refractivity contribution in [3.8, 4) is 11.3 Å². The van der Waals surface area contributed by atoms with E-state index in [1.54, 1.807) is 24.5 Å². The second-order valence-electron chi connectivity index (χ2n) is 6.79. The number of oxazole rings is 1. The standard InChI is InChI=1S/C23H16ClN5O2/c24-17-8-6-15(7-9-17)21-14-25-22(31-21)27-19-10-11-20-16(12-19)13-26-29(20)23(30)28-18-4-2-1-3-5-18/h1-14H,(H,25,27)(H,28,30). The predicted molar refractivity (Wildman–Crippen MR) is 121 cm³/mol. The molecule has 1 amide bonds. The van der Waals surface area contributed by atoms with Gasteiger partial charge < -0.3 is 15.1 Å². The van der Waals surface area contributed by atoms with E-state index in [4.69, 9.17) is 16.0 Å². The summed E-state index contributed by atoms with van der Waals surface area (Å²) in [6, 6.07) is 22.1. The van der Waals surface area contributed by atoms with Crippen LogP contribution in [0.15, 0.2) is 89.6 Å². The third-order valence-corrected chi connectivity index (χ3v) is 4.92. The fourth-order valence-electron chi connectivity index (χ4n) is 3.17. The molecule has 0 unspecified atom stereocenters. The van der Waals surface area contributed by atoms with Gasteiger partial charge in [0.25, 0.3) is 6.01 Å². The van der Waals surface area contributed by atoms with Crippen molar-refractivity contribution in [3.63, 3.8) is 0 Å². The number of amides is 1. The Morgan fingerprint density at radius 1 is 0.935 bits per heavy atom. The number of fused-ring (bicyclic) bond motifs is 1. The van der Waals surface area contributed by atoms with Gasteiger partial charge in [-0.1, -0.05) is 29.8 Å². The summed E-state index contributed by atoms with van der Waals surface area (Å²) in [6.07, 6.45) is 3.29. The lowest BCUT2D eigenvalue weighted by Gasteiger charge is -2.06. The molecule has 152 valence electrons. The van der Waals surface area contributed by atoms with Crippen LogP contribution in [0.2, 0.25) is 5.02 Å². The minimum absolute atomic E-state index is 0.331. The van der Waals surface area contributed by atoms with Crippen molar-refractivity contribution >= 4 is 45.9 Å². The maximum absolute atomic E-state index is 12.6. The van der Waals surface area contributed by atoms with Crippen LogP contribution in [-0.4, -0.2) is 20.8 Å². The molecule has 0 fully saturated rings. The fourth-order valence-corrected chi connectivity index (χ4v) is 3.30. The highest BCUT2D eigenvalue weighted by atomic mass is 35.5. The van der Waals surface area contributed by atoms with Crippen molar-refractivity contribution in [2.24, 2.45) is 0 Å². The van der Waals surface area contributed by atoms with Gasteiger partial charge in [0.15, 0.2) is 5.76 Å². The molecule has 0 aliphatic heterocycles. The number of rotatable bonds is 4. The van der Waals surface area contributed by atoms with Crippen LogP contribution in [0, 0.1) is 0 Å². The maximum Gasteiger partial charge on any atom is 0.347 e. The summed E-state index contributed by atoms with van der Waals surface area (Å²) in [7, 11) is 0. The molecule has 0 radical (unpaired) electrons. The lowest BCUT2D eigenvalue weighted by Crippen LogP contribution is -2.20. The van der Waals surface area contributed by atoms with Crippen molar-refractivity contribution in [3.05, 3.63) is 90.2 Å². The zero-order valence-electron chi connectivity index (χ0n) is 16.1. The Hall–Kier alpha value is -4.10. The van der Waals surface area contributed by atoms with Crippen LogP contribution in [0.3, 0.4) is 0 Å². The number of halogens is 1. The van der Waals surface area contributed by atoms with Crippen molar-refractivity contribution in [2.75, 3.05) is 10.6 Å². The first kappa shape index (κ1) is 18.9. The van der Waals surface area contributed by atoms with Crippen LogP contribution < -0.4 is 10.6 Å². The molecule has 2 N–H and O–H groups in total. The zero-order chi connectivity index (χ0) is 21.2. The van der Waals surface area contributed by atoms with Crippen molar-refractivity contribution in [2.45, 2.75) is 0 Å². The lowest BCUT2D eigenvalue weighted by atomic mass is 10.2. The molecule has 0 atom stereocenters. The van der Waals surface area contributed by atoms with E-state index in [9.17, 15) is 4.79 Å². The first-order valence-corrected chi connectivity index (χ1v) is 9.86. The van der Waals surface area contributed by atoms with Crippen LogP contribution in [-0.2, 0) is 0 Å². The molecular formula is C23H16ClN5O2. The van der Waals surface area contributed by atoms with Crippen LogP contribution >= 0.6 is 11.6 Å². The number of nitrogens with zero attached hydrogens (tertiary/aromatic N) is 3. The Kier molecular flexibility index (Phi) is 4.86. The first-order chi connectivity index (χ1) is 15.2. The van der Waals surface area contributed by atoms with Crippen LogP contribution in [0.25, 0.3) is 22.2 Å².